The molecule has 0 atom stereocenters. The number of ether oxygens (including phenoxy) is 3. The van der Waals surface area contributed by atoms with Crippen LogP contribution < -0.4 is 14.8 Å². The van der Waals surface area contributed by atoms with Crippen LogP contribution in [0, 0.1) is 5.82 Å². The number of carbonyl (C=O) groups excluding carboxylic acids is 2. The monoisotopic (exact) mass is 425 g/mol. The number of esters is 1. The Balaban J connectivity index is 1.85. The number of methoxy groups -OCH3 is 3. The Hall–Kier alpha value is -3.88. The summed E-state index contributed by atoms with van der Waals surface area (Å²) in [7, 11) is 4.34. The second-order valence-corrected chi connectivity index (χ2v) is 6.86. The molecule has 1 aliphatic carbocycles. The van der Waals surface area contributed by atoms with Crippen molar-refractivity contribution in [1.82, 2.24) is 15.1 Å². The Labute approximate surface area is 177 Å². The van der Waals surface area contributed by atoms with Gasteiger partial charge in [-0.1, -0.05) is 0 Å². The molecule has 0 spiro atoms. The fourth-order valence-electron chi connectivity index (χ4n) is 3.63. The van der Waals surface area contributed by atoms with Gasteiger partial charge in [-0.3, -0.25) is 9.59 Å². The third kappa shape index (κ3) is 3.58. The Morgan fingerprint density at radius 3 is 2.42 bits per heavy atom. The van der Waals surface area contributed by atoms with E-state index in [-0.39, 0.29) is 18.1 Å². The van der Waals surface area contributed by atoms with Gasteiger partial charge in [0.15, 0.2) is 17.2 Å². The second kappa shape index (κ2) is 8.10. The lowest BCUT2D eigenvalue weighted by molar-refractivity contribution is -0.139. The molecule has 0 bridgehead atoms. The van der Waals surface area contributed by atoms with Gasteiger partial charge in [-0.2, -0.15) is 5.10 Å². The third-order valence-corrected chi connectivity index (χ3v) is 5.12. The lowest BCUT2D eigenvalue weighted by Crippen LogP contribution is -2.31. The fraction of sp³-hybridized carbons (Fsp3) is 0.227. The average molecular weight is 425 g/mol. The van der Waals surface area contributed by atoms with E-state index in [0.29, 0.717) is 34.9 Å². The van der Waals surface area contributed by atoms with Crippen molar-refractivity contribution >= 4 is 11.9 Å². The van der Waals surface area contributed by atoms with E-state index in [9.17, 15) is 14.0 Å². The highest BCUT2D eigenvalue weighted by molar-refractivity contribution is 5.98. The first-order valence-corrected chi connectivity index (χ1v) is 9.45. The minimum Gasteiger partial charge on any atom is -0.493 e. The van der Waals surface area contributed by atoms with E-state index in [1.54, 1.807) is 31.0 Å². The van der Waals surface area contributed by atoms with Crippen LogP contribution in [0.1, 0.15) is 21.6 Å². The molecule has 0 radical (unpaired) electrons. The van der Waals surface area contributed by atoms with Crippen LogP contribution in [-0.2, 0) is 16.0 Å². The number of carbonyl (C=O) groups is 2. The van der Waals surface area contributed by atoms with Gasteiger partial charge in [-0.15, -0.1) is 0 Å². The van der Waals surface area contributed by atoms with Gasteiger partial charge in [0.1, 0.15) is 12.4 Å². The molecule has 31 heavy (non-hydrogen) atoms. The van der Waals surface area contributed by atoms with Gasteiger partial charge in [0.2, 0.25) is 0 Å². The van der Waals surface area contributed by atoms with Crippen LogP contribution in [0.4, 0.5) is 4.39 Å². The summed E-state index contributed by atoms with van der Waals surface area (Å²) in [5.41, 5.74) is 3.92. The fourth-order valence-corrected chi connectivity index (χ4v) is 3.63. The zero-order valence-corrected chi connectivity index (χ0v) is 17.2. The van der Waals surface area contributed by atoms with Gasteiger partial charge in [0, 0.05) is 17.5 Å². The smallest absolute Gasteiger partial charge is 0.325 e. The number of hydrogen-bond acceptors (Lipinski definition) is 6. The maximum atomic E-state index is 13.5. The largest absolute Gasteiger partial charge is 0.493 e. The molecular formula is C22H20FN3O5. The Morgan fingerprint density at radius 1 is 1.10 bits per heavy atom. The highest BCUT2D eigenvalue weighted by Crippen LogP contribution is 2.44. The van der Waals surface area contributed by atoms with E-state index in [1.807, 2.05) is 12.1 Å². The summed E-state index contributed by atoms with van der Waals surface area (Å²) in [6.07, 6.45) is 0.438. The summed E-state index contributed by atoms with van der Waals surface area (Å²) in [6.45, 7) is -0.276. The molecule has 0 aliphatic heterocycles. The highest BCUT2D eigenvalue weighted by atomic mass is 19.1. The average Bonchev–Trinajstić information content (AvgIpc) is 3.33. The van der Waals surface area contributed by atoms with E-state index in [2.05, 4.69) is 15.2 Å². The lowest BCUT2D eigenvalue weighted by Gasteiger charge is -2.12. The van der Waals surface area contributed by atoms with Crippen molar-refractivity contribution in [3.63, 3.8) is 0 Å². The minimum atomic E-state index is -0.569. The molecule has 9 heteroatoms. The van der Waals surface area contributed by atoms with Crippen molar-refractivity contribution in [2.45, 2.75) is 6.42 Å². The van der Waals surface area contributed by atoms with E-state index in [0.717, 1.165) is 11.1 Å². The molecule has 1 N–H and O–H groups in total. The van der Waals surface area contributed by atoms with Crippen LogP contribution >= 0.6 is 0 Å². The third-order valence-electron chi connectivity index (χ3n) is 5.12. The van der Waals surface area contributed by atoms with Gasteiger partial charge in [0.25, 0.3) is 5.91 Å². The number of nitrogens with zero attached hydrogens (tertiary/aromatic N) is 2. The molecule has 1 heterocycles. The summed E-state index contributed by atoms with van der Waals surface area (Å²) in [4.78, 5) is 24.3. The molecule has 4 rings (SSSR count). The van der Waals surface area contributed by atoms with Crippen LogP contribution in [0.15, 0.2) is 36.4 Å². The first-order valence-electron chi connectivity index (χ1n) is 9.45. The van der Waals surface area contributed by atoms with E-state index in [1.165, 1.54) is 19.2 Å². The summed E-state index contributed by atoms with van der Waals surface area (Å²) in [5.74, 6) is -0.340. The zero-order chi connectivity index (χ0) is 22.1. The van der Waals surface area contributed by atoms with Crippen molar-refractivity contribution in [1.29, 1.82) is 0 Å². The van der Waals surface area contributed by atoms with Crippen molar-refractivity contribution in [3.05, 3.63) is 59.0 Å². The summed E-state index contributed by atoms with van der Waals surface area (Å²) in [6, 6.07) is 9.50. The highest BCUT2D eigenvalue weighted by Gasteiger charge is 2.32. The number of rotatable bonds is 6. The van der Waals surface area contributed by atoms with Crippen molar-refractivity contribution < 1.29 is 28.2 Å². The van der Waals surface area contributed by atoms with Crippen LogP contribution in [0.5, 0.6) is 11.5 Å². The van der Waals surface area contributed by atoms with Crippen LogP contribution in [0.25, 0.3) is 16.9 Å². The van der Waals surface area contributed by atoms with Crippen LogP contribution in [0.2, 0.25) is 0 Å². The van der Waals surface area contributed by atoms with Crippen LogP contribution in [0.3, 0.4) is 0 Å². The molecule has 160 valence electrons. The second-order valence-electron chi connectivity index (χ2n) is 6.86. The topological polar surface area (TPSA) is 91.7 Å². The molecule has 0 saturated heterocycles. The number of nitrogens with one attached hydrogen (secondary N) is 1. The lowest BCUT2D eigenvalue weighted by atomic mass is 10.1. The molecule has 1 aliphatic rings. The molecule has 8 nitrogen and oxygen atoms in total. The summed E-state index contributed by atoms with van der Waals surface area (Å²) in [5, 5.41) is 7.02. The van der Waals surface area contributed by atoms with E-state index < -0.39 is 11.9 Å². The van der Waals surface area contributed by atoms with Gasteiger partial charge in [-0.05, 0) is 42.0 Å². The SMILES string of the molecule is COC(=O)CNC(=O)c1nn(-c2ccc(F)cc2)c2c1Cc1cc(OC)c(OC)cc1-2. The predicted octanol–water partition coefficient (Wildman–Crippen LogP) is 2.50. The Bertz CT molecular complexity index is 1170. The first kappa shape index (κ1) is 20.4. The number of halogens is 1. The van der Waals surface area contributed by atoms with Gasteiger partial charge in [-0.25, -0.2) is 9.07 Å². The first-order chi connectivity index (χ1) is 15.0. The number of benzene rings is 2. The molecule has 0 fully saturated rings. The molecule has 2 aromatic carbocycles. The van der Waals surface area contributed by atoms with Gasteiger partial charge in [0.05, 0.1) is 32.7 Å². The molecule has 0 unspecified atom stereocenters. The van der Waals surface area contributed by atoms with Crippen molar-refractivity contribution in [2.24, 2.45) is 0 Å². The predicted molar refractivity (Wildman–Crippen MR) is 109 cm³/mol. The standard InChI is InChI=1S/C22H20FN3O5/c1-29-17-9-12-8-16-20(22(28)24-11-19(27)31-3)25-26(14-6-4-13(23)5-7-14)21(16)15(12)10-18(17)30-2/h4-7,9-10H,8,11H2,1-3H3,(H,24,28). The molecule has 1 aromatic heterocycles. The number of fused-ring (bicyclic) bond motifs is 3. The zero-order valence-electron chi connectivity index (χ0n) is 17.2. The van der Waals surface area contributed by atoms with Crippen molar-refractivity contribution in [3.8, 4) is 28.4 Å². The summed E-state index contributed by atoms with van der Waals surface area (Å²) < 4.78 is 30.5. The van der Waals surface area contributed by atoms with Crippen molar-refractivity contribution in [2.75, 3.05) is 27.9 Å². The summed E-state index contributed by atoms with van der Waals surface area (Å²) >= 11 is 0. The number of amides is 1. The Kier molecular flexibility index (Phi) is 5.33. The quantitative estimate of drug-likeness (QED) is 0.478. The number of aromatic nitrogens is 2. The molecular weight excluding hydrogens is 405 g/mol. The Morgan fingerprint density at radius 2 is 1.77 bits per heavy atom. The van der Waals surface area contributed by atoms with E-state index >= 15 is 0 Å². The van der Waals surface area contributed by atoms with E-state index in [4.69, 9.17) is 9.47 Å². The van der Waals surface area contributed by atoms with Crippen LogP contribution in [-0.4, -0.2) is 49.5 Å². The molecule has 0 saturated carbocycles. The van der Waals surface area contributed by atoms with Gasteiger partial charge < -0.3 is 19.5 Å². The normalized spacial score (nSPS) is 11.5. The number of hydrogen-bond donors (Lipinski definition) is 1. The maximum absolute atomic E-state index is 13.5. The minimum absolute atomic E-state index is 0.178. The molecule has 1 amide bonds. The van der Waals surface area contributed by atoms with Gasteiger partial charge >= 0.3 is 5.97 Å². The maximum Gasteiger partial charge on any atom is 0.325 e. The molecule has 3 aromatic rings.